The number of ether oxygens (including phenoxy) is 1. The SMILES string of the molecule is C#CC(=O)OC(C)(CO)C(C)O. The smallest absolute Gasteiger partial charge is 0.384 e. The van der Waals surface area contributed by atoms with Gasteiger partial charge in [0.25, 0.3) is 0 Å². The molecule has 0 amide bonds. The molecule has 2 N–H and O–H groups in total. The van der Waals surface area contributed by atoms with Crippen molar-refractivity contribution >= 4 is 5.97 Å². The molecule has 12 heavy (non-hydrogen) atoms. The van der Waals surface area contributed by atoms with Crippen molar-refractivity contribution < 1.29 is 19.7 Å². The lowest BCUT2D eigenvalue weighted by Gasteiger charge is -2.28. The Balaban J connectivity index is 4.36. The third-order valence-electron chi connectivity index (χ3n) is 1.64. The van der Waals surface area contributed by atoms with E-state index in [4.69, 9.17) is 16.6 Å². The summed E-state index contributed by atoms with van der Waals surface area (Å²) in [7, 11) is 0. The fourth-order valence-electron chi connectivity index (χ4n) is 0.491. The predicted octanol–water partition coefficient (Wildman–Crippen LogP) is -0.705. The zero-order valence-corrected chi connectivity index (χ0v) is 7.07. The zero-order valence-electron chi connectivity index (χ0n) is 7.07. The maximum absolute atomic E-state index is 10.6. The predicted molar refractivity (Wildman–Crippen MR) is 42.1 cm³/mol. The summed E-state index contributed by atoms with van der Waals surface area (Å²) in [5.41, 5.74) is -1.32. The molecule has 0 spiro atoms. The molecule has 0 aliphatic carbocycles. The third kappa shape index (κ3) is 2.53. The van der Waals surface area contributed by atoms with Crippen molar-refractivity contribution in [1.29, 1.82) is 0 Å². The summed E-state index contributed by atoms with van der Waals surface area (Å²) in [6, 6.07) is 0. The molecule has 68 valence electrons. The largest absolute Gasteiger partial charge is 0.445 e. The van der Waals surface area contributed by atoms with E-state index in [0.29, 0.717) is 0 Å². The average molecular weight is 172 g/mol. The van der Waals surface area contributed by atoms with Gasteiger partial charge in [-0.05, 0) is 13.8 Å². The lowest BCUT2D eigenvalue weighted by Crippen LogP contribution is -2.45. The van der Waals surface area contributed by atoms with Gasteiger partial charge in [0.1, 0.15) is 0 Å². The van der Waals surface area contributed by atoms with Crippen LogP contribution in [0.3, 0.4) is 0 Å². The van der Waals surface area contributed by atoms with Crippen LogP contribution in [0.4, 0.5) is 0 Å². The molecule has 4 nitrogen and oxygen atoms in total. The van der Waals surface area contributed by atoms with E-state index >= 15 is 0 Å². The number of rotatable bonds is 3. The summed E-state index contributed by atoms with van der Waals surface area (Å²) >= 11 is 0. The van der Waals surface area contributed by atoms with Crippen LogP contribution in [0.25, 0.3) is 0 Å². The molecule has 2 atom stereocenters. The van der Waals surface area contributed by atoms with Gasteiger partial charge in [-0.3, -0.25) is 0 Å². The minimum absolute atomic E-state index is 0.474. The van der Waals surface area contributed by atoms with Crippen molar-refractivity contribution in [3.05, 3.63) is 0 Å². The molecule has 0 saturated carbocycles. The zero-order chi connectivity index (χ0) is 9.78. The first-order chi connectivity index (χ1) is 5.46. The van der Waals surface area contributed by atoms with E-state index in [9.17, 15) is 4.79 Å². The molecule has 0 aromatic rings. The summed E-state index contributed by atoms with van der Waals surface area (Å²) < 4.78 is 4.62. The maximum Gasteiger partial charge on any atom is 0.384 e. The molecule has 0 fully saturated rings. The van der Waals surface area contributed by atoms with Crippen LogP contribution >= 0.6 is 0 Å². The van der Waals surface area contributed by atoms with Gasteiger partial charge in [-0.25, -0.2) is 4.79 Å². The maximum atomic E-state index is 10.6. The lowest BCUT2D eigenvalue weighted by atomic mass is 10.0. The van der Waals surface area contributed by atoms with E-state index in [-0.39, 0.29) is 0 Å². The van der Waals surface area contributed by atoms with Crippen LogP contribution in [0.5, 0.6) is 0 Å². The van der Waals surface area contributed by atoms with Gasteiger partial charge in [0.2, 0.25) is 0 Å². The third-order valence-corrected chi connectivity index (χ3v) is 1.64. The van der Waals surface area contributed by atoms with Crippen LogP contribution in [0, 0.1) is 12.3 Å². The van der Waals surface area contributed by atoms with Crippen LogP contribution in [-0.4, -0.2) is 34.5 Å². The van der Waals surface area contributed by atoms with Crippen LogP contribution < -0.4 is 0 Å². The summed E-state index contributed by atoms with van der Waals surface area (Å²) in [6.07, 6.45) is 3.77. The first kappa shape index (κ1) is 11.0. The van der Waals surface area contributed by atoms with E-state index < -0.39 is 24.3 Å². The van der Waals surface area contributed by atoms with Crippen LogP contribution in [0.2, 0.25) is 0 Å². The quantitative estimate of drug-likeness (QED) is 0.335. The Morgan fingerprint density at radius 1 is 1.83 bits per heavy atom. The monoisotopic (exact) mass is 172 g/mol. The summed E-state index contributed by atoms with van der Waals surface area (Å²) in [6.45, 7) is 2.32. The number of aliphatic hydroxyl groups is 2. The Kier molecular flexibility index (Phi) is 3.74. The average Bonchev–Trinajstić information content (AvgIpc) is 2.03. The molecule has 0 heterocycles. The highest BCUT2D eigenvalue weighted by molar-refractivity contribution is 5.88. The highest BCUT2D eigenvalue weighted by atomic mass is 16.6. The molecule has 4 heteroatoms. The van der Waals surface area contributed by atoms with Crippen molar-refractivity contribution in [2.24, 2.45) is 0 Å². The van der Waals surface area contributed by atoms with E-state index in [1.807, 2.05) is 0 Å². The Labute approximate surface area is 71.2 Å². The summed E-state index contributed by atoms with van der Waals surface area (Å²) in [5, 5.41) is 17.9. The number of terminal acetylenes is 1. The van der Waals surface area contributed by atoms with Crippen molar-refractivity contribution in [1.82, 2.24) is 0 Å². The van der Waals surface area contributed by atoms with Gasteiger partial charge in [-0.2, -0.15) is 0 Å². The van der Waals surface area contributed by atoms with E-state index in [2.05, 4.69) is 4.74 Å². The van der Waals surface area contributed by atoms with Gasteiger partial charge in [-0.15, -0.1) is 6.42 Å². The highest BCUT2D eigenvalue weighted by Crippen LogP contribution is 2.14. The molecule has 0 saturated heterocycles. The summed E-state index contributed by atoms with van der Waals surface area (Å²) in [5.74, 6) is 0.831. The van der Waals surface area contributed by atoms with Crippen LogP contribution in [-0.2, 0) is 9.53 Å². The van der Waals surface area contributed by atoms with E-state index in [1.54, 1.807) is 5.92 Å². The molecule has 0 aromatic heterocycles. The van der Waals surface area contributed by atoms with Gasteiger partial charge < -0.3 is 14.9 Å². The first-order valence-corrected chi connectivity index (χ1v) is 3.45. The summed E-state index contributed by atoms with van der Waals surface area (Å²) in [4.78, 5) is 10.6. The molecule has 0 aliphatic rings. The second-order valence-electron chi connectivity index (χ2n) is 2.68. The Hall–Kier alpha value is -1.05. The van der Waals surface area contributed by atoms with E-state index in [0.717, 1.165) is 0 Å². The Bertz CT molecular complexity index is 204. The normalized spacial score (nSPS) is 17.2. The minimum Gasteiger partial charge on any atom is -0.445 e. The minimum atomic E-state index is -1.32. The van der Waals surface area contributed by atoms with Crippen LogP contribution in [0.1, 0.15) is 13.8 Å². The van der Waals surface area contributed by atoms with Crippen molar-refractivity contribution in [3.63, 3.8) is 0 Å². The fraction of sp³-hybridized carbons (Fsp3) is 0.625. The molecule has 2 unspecified atom stereocenters. The molecule has 0 radical (unpaired) electrons. The molecular formula is C8H12O4. The molecule has 0 rings (SSSR count). The molecule has 0 aliphatic heterocycles. The van der Waals surface area contributed by atoms with Crippen molar-refractivity contribution in [3.8, 4) is 12.3 Å². The number of carbonyl (C=O) groups is 1. The van der Waals surface area contributed by atoms with Gasteiger partial charge in [0.05, 0.1) is 12.7 Å². The molecule has 0 bridgehead atoms. The standard InChI is InChI=1S/C8H12O4/c1-4-7(11)12-8(3,5-9)6(2)10/h1,6,9-10H,5H2,2-3H3. The second-order valence-corrected chi connectivity index (χ2v) is 2.68. The number of hydrogen-bond acceptors (Lipinski definition) is 4. The van der Waals surface area contributed by atoms with Gasteiger partial charge >= 0.3 is 5.97 Å². The second kappa shape index (κ2) is 4.10. The Morgan fingerprint density at radius 2 is 2.33 bits per heavy atom. The molecular weight excluding hydrogens is 160 g/mol. The van der Waals surface area contributed by atoms with Gasteiger partial charge in [-0.1, -0.05) is 0 Å². The first-order valence-electron chi connectivity index (χ1n) is 3.45. The highest BCUT2D eigenvalue weighted by Gasteiger charge is 2.33. The van der Waals surface area contributed by atoms with Gasteiger partial charge in [0, 0.05) is 5.92 Å². The lowest BCUT2D eigenvalue weighted by molar-refractivity contribution is -0.168. The topological polar surface area (TPSA) is 66.8 Å². The number of hydrogen-bond donors (Lipinski definition) is 2. The number of carbonyl (C=O) groups excluding carboxylic acids is 1. The van der Waals surface area contributed by atoms with Gasteiger partial charge in [0.15, 0.2) is 5.60 Å². The molecule has 0 aromatic carbocycles. The van der Waals surface area contributed by atoms with Crippen molar-refractivity contribution in [2.75, 3.05) is 6.61 Å². The van der Waals surface area contributed by atoms with E-state index in [1.165, 1.54) is 13.8 Å². The van der Waals surface area contributed by atoms with Crippen LogP contribution in [0.15, 0.2) is 0 Å². The number of aliphatic hydroxyl groups excluding tert-OH is 2. The fourth-order valence-corrected chi connectivity index (χ4v) is 0.491. The van der Waals surface area contributed by atoms with Crippen molar-refractivity contribution in [2.45, 2.75) is 25.6 Å². The Morgan fingerprint density at radius 3 is 2.58 bits per heavy atom. The number of esters is 1.